The standard InChI is InChI=1S/C23H26F3N5O2/c1-4-16-13-31(22(33)14-7-6-8-15(9-14)23(24,25)26)17(5-2)12-30(16)18-10-20(32)29(3)19-11-27-28-21(18)19/h6-11,16-17H,4-5,12-13H2,1-3H3,(H,27,28)/t16-,17+/m0/s1. The van der Waals surface area contributed by atoms with Crippen LogP contribution in [0.15, 0.2) is 41.3 Å². The number of hydrogen-bond donors (Lipinski definition) is 1. The third-order valence-corrected chi connectivity index (χ3v) is 6.47. The van der Waals surface area contributed by atoms with Crippen molar-refractivity contribution in [2.75, 3.05) is 18.0 Å². The molecule has 3 heterocycles. The van der Waals surface area contributed by atoms with Crippen LogP contribution in [0.3, 0.4) is 0 Å². The minimum atomic E-state index is -4.51. The summed E-state index contributed by atoms with van der Waals surface area (Å²) in [5.41, 5.74) is 1.17. The maximum Gasteiger partial charge on any atom is 0.416 e. The minimum Gasteiger partial charge on any atom is -0.363 e. The summed E-state index contributed by atoms with van der Waals surface area (Å²) in [6.07, 6.45) is -1.60. The van der Waals surface area contributed by atoms with Crippen molar-refractivity contribution in [2.45, 2.75) is 44.9 Å². The quantitative estimate of drug-likeness (QED) is 0.642. The first-order valence-electron chi connectivity index (χ1n) is 10.9. The number of nitrogens with zero attached hydrogens (tertiary/aromatic N) is 4. The van der Waals surface area contributed by atoms with Gasteiger partial charge in [-0.3, -0.25) is 14.7 Å². The SMILES string of the molecule is CC[C@@H]1CN(c2cc(=O)n(C)c3cn[nH]c23)[C@@H](CC)CN1C(=O)c1cccc(C(F)(F)F)c1. The molecule has 4 rings (SSSR count). The molecule has 0 bridgehead atoms. The fourth-order valence-electron chi connectivity index (χ4n) is 4.54. The predicted octanol–water partition coefficient (Wildman–Crippen LogP) is 3.80. The van der Waals surface area contributed by atoms with Gasteiger partial charge in [0.15, 0.2) is 0 Å². The molecule has 1 fully saturated rings. The summed E-state index contributed by atoms with van der Waals surface area (Å²) in [7, 11) is 1.68. The second-order valence-corrected chi connectivity index (χ2v) is 8.37. The molecule has 1 aromatic carbocycles. The Bertz CT molecular complexity index is 1230. The average molecular weight is 461 g/mol. The van der Waals surface area contributed by atoms with Gasteiger partial charge in [-0.25, -0.2) is 0 Å². The van der Waals surface area contributed by atoms with E-state index >= 15 is 0 Å². The normalized spacial score (nSPS) is 19.3. The predicted molar refractivity (Wildman–Crippen MR) is 119 cm³/mol. The lowest BCUT2D eigenvalue weighted by Crippen LogP contribution is -2.60. The van der Waals surface area contributed by atoms with Crippen LogP contribution in [0.1, 0.15) is 42.6 Å². The first kappa shape index (κ1) is 22.9. The van der Waals surface area contributed by atoms with Crippen LogP contribution in [-0.2, 0) is 13.2 Å². The fraction of sp³-hybridized carbons (Fsp3) is 0.435. The summed E-state index contributed by atoms with van der Waals surface area (Å²) in [5.74, 6) is -0.415. The monoisotopic (exact) mass is 461 g/mol. The molecule has 2 aromatic heterocycles. The number of pyridine rings is 1. The summed E-state index contributed by atoms with van der Waals surface area (Å²) in [6.45, 7) is 4.73. The largest absolute Gasteiger partial charge is 0.416 e. The Balaban J connectivity index is 1.69. The number of aryl methyl sites for hydroxylation is 1. The molecule has 0 radical (unpaired) electrons. The highest BCUT2D eigenvalue weighted by atomic mass is 19.4. The summed E-state index contributed by atoms with van der Waals surface area (Å²) < 4.78 is 41.0. The van der Waals surface area contributed by atoms with Gasteiger partial charge in [0.1, 0.15) is 5.52 Å². The van der Waals surface area contributed by atoms with E-state index in [2.05, 4.69) is 15.1 Å². The van der Waals surface area contributed by atoms with Crippen LogP contribution in [0.2, 0.25) is 0 Å². The van der Waals surface area contributed by atoms with Gasteiger partial charge in [0.05, 0.1) is 23.0 Å². The van der Waals surface area contributed by atoms with Gasteiger partial charge in [0.25, 0.3) is 11.5 Å². The Kier molecular flexibility index (Phi) is 5.94. The number of carbonyl (C=O) groups excluding carboxylic acids is 1. The second kappa shape index (κ2) is 8.57. The van der Waals surface area contributed by atoms with E-state index in [9.17, 15) is 22.8 Å². The number of H-pyrrole nitrogens is 1. The van der Waals surface area contributed by atoms with E-state index in [0.717, 1.165) is 23.3 Å². The molecular formula is C23H26F3N5O2. The summed E-state index contributed by atoms with van der Waals surface area (Å²) in [5, 5.41) is 7.06. The van der Waals surface area contributed by atoms with Crippen molar-refractivity contribution >= 4 is 22.6 Å². The Morgan fingerprint density at radius 2 is 1.88 bits per heavy atom. The molecule has 33 heavy (non-hydrogen) atoms. The van der Waals surface area contributed by atoms with E-state index in [0.29, 0.717) is 31.4 Å². The number of nitrogens with one attached hydrogen (secondary N) is 1. The number of aromatic amines is 1. The molecule has 1 aliphatic heterocycles. The van der Waals surface area contributed by atoms with E-state index in [1.165, 1.54) is 16.7 Å². The lowest BCUT2D eigenvalue weighted by molar-refractivity contribution is -0.137. The van der Waals surface area contributed by atoms with Crippen molar-refractivity contribution in [2.24, 2.45) is 7.05 Å². The number of fused-ring (bicyclic) bond motifs is 1. The number of anilines is 1. The van der Waals surface area contributed by atoms with Crippen LogP contribution in [0, 0.1) is 0 Å². The van der Waals surface area contributed by atoms with Gasteiger partial charge in [-0.05, 0) is 31.0 Å². The van der Waals surface area contributed by atoms with Crippen molar-refractivity contribution in [1.82, 2.24) is 19.7 Å². The van der Waals surface area contributed by atoms with Crippen LogP contribution >= 0.6 is 0 Å². The van der Waals surface area contributed by atoms with E-state index < -0.39 is 17.6 Å². The number of halogens is 3. The molecule has 0 saturated carbocycles. The Hall–Kier alpha value is -3.30. The lowest BCUT2D eigenvalue weighted by Gasteiger charge is -2.47. The molecule has 10 heteroatoms. The maximum absolute atomic E-state index is 13.3. The maximum atomic E-state index is 13.3. The van der Waals surface area contributed by atoms with Crippen LogP contribution < -0.4 is 10.5 Å². The molecule has 176 valence electrons. The molecule has 1 N–H and O–H groups in total. The van der Waals surface area contributed by atoms with Gasteiger partial charge >= 0.3 is 6.18 Å². The van der Waals surface area contributed by atoms with Gasteiger partial charge in [-0.1, -0.05) is 19.9 Å². The van der Waals surface area contributed by atoms with Gasteiger partial charge in [0.2, 0.25) is 0 Å². The number of hydrogen-bond acceptors (Lipinski definition) is 4. The van der Waals surface area contributed by atoms with Crippen molar-refractivity contribution in [1.29, 1.82) is 0 Å². The molecule has 3 aromatic rings. The van der Waals surface area contributed by atoms with E-state index in [1.807, 2.05) is 13.8 Å². The van der Waals surface area contributed by atoms with Crippen LogP contribution in [0.5, 0.6) is 0 Å². The van der Waals surface area contributed by atoms with Gasteiger partial charge in [0, 0.05) is 43.9 Å². The highest BCUT2D eigenvalue weighted by molar-refractivity contribution is 5.95. The average Bonchev–Trinajstić information content (AvgIpc) is 3.30. The smallest absolute Gasteiger partial charge is 0.363 e. The molecule has 1 amide bonds. The zero-order chi connectivity index (χ0) is 23.9. The summed E-state index contributed by atoms with van der Waals surface area (Å²) in [4.78, 5) is 29.6. The topological polar surface area (TPSA) is 74.2 Å². The van der Waals surface area contributed by atoms with E-state index in [-0.39, 0.29) is 23.2 Å². The van der Waals surface area contributed by atoms with Crippen molar-refractivity contribution in [3.8, 4) is 0 Å². The Labute approximate surface area is 188 Å². The summed E-state index contributed by atoms with van der Waals surface area (Å²) >= 11 is 0. The van der Waals surface area contributed by atoms with Crippen LogP contribution in [0.4, 0.5) is 18.9 Å². The van der Waals surface area contributed by atoms with Crippen LogP contribution in [-0.4, -0.2) is 50.7 Å². The first-order valence-corrected chi connectivity index (χ1v) is 10.9. The van der Waals surface area contributed by atoms with Crippen molar-refractivity contribution in [3.05, 3.63) is 58.0 Å². The molecule has 0 spiro atoms. The molecule has 1 aliphatic rings. The number of alkyl halides is 3. The highest BCUT2D eigenvalue weighted by Gasteiger charge is 2.37. The molecule has 0 aliphatic carbocycles. The lowest BCUT2D eigenvalue weighted by atomic mass is 9.99. The number of carbonyl (C=O) groups is 1. The zero-order valence-corrected chi connectivity index (χ0v) is 18.7. The number of piperazine rings is 1. The molecule has 1 saturated heterocycles. The van der Waals surface area contributed by atoms with E-state index in [1.54, 1.807) is 24.2 Å². The highest BCUT2D eigenvalue weighted by Crippen LogP contribution is 2.32. The van der Waals surface area contributed by atoms with Crippen molar-refractivity contribution in [3.63, 3.8) is 0 Å². The van der Waals surface area contributed by atoms with Crippen molar-refractivity contribution < 1.29 is 18.0 Å². The fourth-order valence-corrected chi connectivity index (χ4v) is 4.54. The number of aromatic nitrogens is 3. The Morgan fingerprint density at radius 3 is 2.55 bits per heavy atom. The van der Waals surface area contributed by atoms with E-state index in [4.69, 9.17) is 0 Å². The molecule has 2 atom stereocenters. The molecule has 7 nitrogen and oxygen atoms in total. The zero-order valence-electron chi connectivity index (χ0n) is 18.7. The van der Waals surface area contributed by atoms with Gasteiger partial charge in [-0.15, -0.1) is 0 Å². The summed E-state index contributed by atoms with van der Waals surface area (Å²) in [6, 6.07) is 5.80. The van der Waals surface area contributed by atoms with Gasteiger partial charge < -0.3 is 14.4 Å². The Morgan fingerprint density at radius 1 is 1.15 bits per heavy atom. The third kappa shape index (κ3) is 4.09. The van der Waals surface area contributed by atoms with Crippen LogP contribution in [0.25, 0.3) is 11.0 Å². The number of rotatable bonds is 4. The second-order valence-electron chi connectivity index (χ2n) is 8.37. The first-order chi connectivity index (χ1) is 15.7. The van der Waals surface area contributed by atoms with Gasteiger partial charge in [-0.2, -0.15) is 18.3 Å². The number of amides is 1. The minimum absolute atomic E-state index is 0.0242. The third-order valence-electron chi connectivity index (χ3n) is 6.47. The number of benzene rings is 1. The molecule has 0 unspecified atom stereocenters. The molecular weight excluding hydrogens is 435 g/mol.